The minimum atomic E-state index is -0.0365. The van der Waals surface area contributed by atoms with E-state index in [1.807, 2.05) is 24.4 Å². The first-order valence-electron chi connectivity index (χ1n) is 4.58. The van der Waals surface area contributed by atoms with Crippen LogP contribution in [0.4, 0.5) is 0 Å². The van der Waals surface area contributed by atoms with Gasteiger partial charge < -0.3 is 9.30 Å². The van der Waals surface area contributed by atoms with Crippen molar-refractivity contribution >= 4 is 23.0 Å². The van der Waals surface area contributed by atoms with Crippen LogP contribution in [0, 0.1) is 0 Å². The summed E-state index contributed by atoms with van der Waals surface area (Å²) in [7, 11) is 3.45. The molecule has 0 aliphatic rings. The molecule has 2 aromatic heterocycles. The molecule has 0 saturated heterocycles. The van der Waals surface area contributed by atoms with Gasteiger partial charge in [-0.25, -0.2) is 0 Å². The standard InChI is InChI=1S/C11H11ClN2O/c1-13(2)11(15)8-7-10(12)14-6-4-3-5-9(8)14/h3-7H,1-2H3. The first kappa shape index (κ1) is 10.1. The fraction of sp³-hybridized carbons (Fsp3) is 0.182. The number of rotatable bonds is 1. The second-order valence-corrected chi connectivity index (χ2v) is 3.92. The molecule has 0 saturated carbocycles. The van der Waals surface area contributed by atoms with Crippen molar-refractivity contribution in [2.75, 3.05) is 14.1 Å². The number of pyridine rings is 1. The van der Waals surface area contributed by atoms with E-state index in [-0.39, 0.29) is 5.91 Å². The van der Waals surface area contributed by atoms with E-state index in [1.54, 1.807) is 29.5 Å². The Hall–Kier alpha value is -1.48. The first-order chi connectivity index (χ1) is 7.11. The number of halogens is 1. The zero-order valence-electron chi connectivity index (χ0n) is 8.57. The first-order valence-corrected chi connectivity index (χ1v) is 4.96. The summed E-state index contributed by atoms with van der Waals surface area (Å²) < 4.78 is 1.79. The fourth-order valence-electron chi connectivity index (χ4n) is 1.52. The molecule has 2 aromatic rings. The lowest BCUT2D eigenvalue weighted by molar-refractivity contribution is 0.0829. The molecule has 0 aromatic carbocycles. The molecule has 0 atom stereocenters. The van der Waals surface area contributed by atoms with Gasteiger partial charge in [0.25, 0.3) is 5.91 Å². The summed E-state index contributed by atoms with van der Waals surface area (Å²) in [5, 5.41) is 0.552. The molecule has 4 heteroatoms. The maximum absolute atomic E-state index is 11.8. The number of carbonyl (C=O) groups is 1. The lowest BCUT2D eigenvalue weighted by Crippen LogP contribution is -2.21. The molecule has 0 fully saturated rings. The van der Waals surface area contributed by atoms with Crippen LogP contribution >= 0.6 is 11.6 Å². The molecule has 3 nitrogen and oxygen atoms in total. The van der Waals surface area contributed by atoms with E-state index in [9.17, 15) is 4.79 Å². The maximum Gasteiger partial charge on any atom is 0.255 e. The van der Waals surface area contributed by atoms with Gasteiger partial charge in [-0.05, 0) is 18.2 Å². The molecule has 0 aliphatic carbocycles. The smallest absolute Gasteiger partial charge is 0.255 e. The number of nitrogens with zero attached hydrogens (tertiary/aromatic N) is 2. The van der Waals surface area contributed by atoms with Crippen molar-refractivity contribution in [3.8, 4) is 0 Å². The molecule has 2 heterocycles. The number of carbonyl (C=O) groups excluding carboxylic acids is 1. The molecule has 15 heavy (non-hydrogen) atoms. The Labute approximate surface area is 92.9 Å². The third-order valence-electron chi connectivity index (χ3n) is 2.27. The van der Waals surface area contributed by atoms with Crippen LogP contribution in [-0.2, 0) is 0 Å². The number of amides is 1. The zero-order chi connectivity index (χ0) is 11.0. The highest BCUT2D eigenvalue weighted by molar-refractivity contribution is 6.30. The highest BCUT2D eigenvalue weighted by Gasteiger charge is 2.15. The Balaban J connectivity index is 2.67. The van der Waals surface area contributed by atoms with Crippen LogP contribution in [0.2, 0.25) is 5.15 Å². The molecule has 0 spiro atoms. The van der Waals surface area contributed by atoms with Gasteiger partial charge in [-0.2, -0.15) is 0 Å². The Morgan fingerprint density at radius 1 is 1.40 bits per heavy atom. The number of aromatic nitrogens is 1. The van der Waals surface area contributed by atoms with E-state index in [4.69, 9.17) is 11.6 Å². The van der Waals surface area contributed by atoms with E-state index in [2.05, 4.69) is 0 Å². The topological polar surface area (TPSA) is 24.7 Å². The van der Waals surface area contributed by atoms with Gasteiger partial charge in [0.05, 0.1) is 11.1 Å². The summed E-state index contributed by atoms with van der Waals surface area (Å²) in [5.41, 5.74) is 1.46. The normalized spacial score (nSPS) is 10.6. The highest BCUT2D eigenvalue weighted by Crippen LogP contribution is 2.21. The maximum atomic E-state index is 11.8. The summed E-state index contributed by atoms with van der Waals surface area (Å²) in [4.78, 5) is 13.4. The Morgan fingerprint density at radius 3 is 2.80 bits per heavy atom. The summed E-state index contributed by atoms with van der Waals surface area (Å²) in [6, 6.07) is 7.34. The number of hydrogen-bond donors (Lipinski definition) is 0. The second-order valence-electron chi connectivity index (χ2n) is 3.54. The van der Waals surface area contributed by atoms with Gasteiger partial charge in [0, 0.05) is 20.3 Å². The summed E-state index contributed by atoms with van der Waals surface area (Å²) >= 11 is 6.02. The SMILES string of the molecule is CN(C)C(=O)c1cc(Cl)n2ccccc12. The molecule has 78 valence electrons. The molecule has 2 rings (SSSR count). The largest absolute Gasteiger partial charge is 0.345 e. The molecule has 0 N–H and O–H groups in total. The van der Waals surface area contributed by atoms with Crippen LogP contribution in [0.3, 0.4) is 0 Å². The van der Waals surface area contributed by atoms with Crippen molar-refractivity contribution in [1.82, 2.24) is 9.30 Å². The Morgan fingerprint density at radius 2 is 2.13 bits per heavy atom. The van der Waals surface area contributed by atoms with Crippen molar-refractivity contribution < 1.29 is 4.79 Å². The van der Waals surface area contributed by atoms with Crippen LogP contribution in [0.1, 0.15) is 10.4 Å². The lowest BCUT2D eigenvalue weighted by Gasteiger charge is -2.08. The Kier molecular flexibility index (Phi) is 2.40. The molecule has 0 bridgehead atoms. The van der Waals surface area contributed by atoms with Gasteiger partial charge in [-0.3, -0.25) is 4.79 Å². The van der Waals surface area contributed by atoms with E-state index in [0.29, 0.717) is 10.7 Å². The molecule has 0 aliphatic heterocycles. The summed E-state index contributed by atoms with van der Waals surface area (Å²) in [6.07, 6.45) is 1.84. The quantitative estimate of drug-likeness (QED) is 0.727. The van der Waals surface area contributed by atoms with Crippen molar-refractivity contribution in [2.45, 2.75) is 0 Å². The van der Waals surface area contributed by atoms with Crippen LogP contribution in [0.5, 0.6) is 0 Å². The predicted molar refractivity (Wildman–Crippen MR) is 60.4 cm³/mol. The van der Waals surface area contributed by atoms with Gasteiger partial charge in [-0.1, -0.05) is 17.7 Å². The lowest BCUT2D eigenvalue weighted by atomic mass is 10.2. The predicted octanol–water partition coefficient (Wildman–Crippen LogP) is 2.29. The third kappa shape index (κ3) is 1.59. The average Bonchev–Trinajstić information content (AvgIpc) is 2.56. The van der Waals surface area contributed by atoms with Crippen molar-refractivity contribution in [1.29, 1.82) is 0 Å². The van der Waals surface area contributed by atoms with Crippen LogP contribution < -0.4 is 0 Å². The number of fused-ring (bicyclic) bond motifs is 1. The molecule has 0 unspecified atom stereocenters. The summed E-state index contributed by atoms with van der Waals surface area (Å²) in [5.74, 6) is -0.0365. The molecule has 0 radical (unpaired) electrons. The van der Waals surface area contributed by atoms with Crippen LogP contribution in [0.25, 0.3) is 5.52 Å². The summed E-state index contributed by atoms with van der Waals surface area (Å²) in [6.45, 7) is 0. The van der Waals surface area contributed by atoms with E-state index in [1.165, 1.54) is 0 Å². The minimum Gasteiger partial charge on any atom is -0.345 e. The molecule has 1 amide bonds. The van der Waals surface area contributed by atoms with E-state index >= 15 is 0 Å². The molecular weight excluding hydrogens is 212 g/mol. The molecular formula is C11H11ClN2O. The van der Waals surface area contributed by atoms with Gasteiger partial charge in [0.1, 0.15) is 5.15 Å². The average molecular weight is 223 g/mol. The van der Waals surface area contributed by atoms with Gasteiger partial charge in [-0.15, -0.1) is 0 Å². The van der Waals surface area contributed by atoms with Gasteiger partial charge in [0.15, 0.2) is 0 Å². The van der Waals surface area contributed by atoms with E-state index in [0.717, 1.165) is 5.52 Å². The highest BCUT2D eigenvalue weighted by atomic mass is 35.5. The minimum absolute atomic E-state index is 0.0365. The fourth-order valence-corrected chi connectivity index (χ4v) is 1.78. The van der Waals surface area contributed by atoms with Crippen molar-refractivity contribution in [2.24, 2.45) is 0 Å². The third-order valence-corrected chi connectivity index (χ3v) is 2.56. The zero-order valence-corrected chi connectivity index (χ0v) is 9.32. The van der Waals surface area contributed by atoms with Crippen molar-refractivity contribution in [3.05, 3.63) is 41.2 Å². The van der Waals surface area contributed by atoms with Gasteiger partial charge in [0.2, 0.25) is 0 Å². The van der Waals surface area contributed by atoms with Crippen molar-refractivity contribution in [3.63, 3.8) is 0 Å². The second kappa shape index (κ2) is 3.59. The monoisotopic (exact) mass is 222 g/mol. The van der Waals surface area contributed by atoms with Gasteiger partial charge >= 0.3 is 0 Å². The van der Waals surface area contributed by atoms with E-state index < -0.39 is 0 Å². The Bertz CT molecular complexity index is 516. The van der Waals surface area contributed by atoms with Crippen LogP contribution in [-0.4, -0.2) is 29.3 Å². The van der Waals surface area contributed by atoms with Crippen LogP contribution in [0.15, 0.2) is 30.5 Å². The number of hydrogen-bond acceptors (Lipinski definition) is 1.